The topological polar surface area (TPSA) is 48.0 Å². The summed E-state index contributed by atoms with van der Waals surface area (Å²) in [7, 11) is 0. The van der Waals surface area contributed by atoms with Crippen LogP contribution in [0.4, 0.5) is 5.69 Å². The van der Waals surface area contributed by atoms with Crippen molar-refractivity contribution in [2.24, 2.45) is 0 Å². The third-order valence-electron chi connectivity index (χ3n) is 3.17. The van der Waals surface area contributed by atoms with Crippen molar-refractivity contribution >= 4 is 34.7 Å². The van der Waals surface area contributed by atoms with Crippen LogP contribution in [0, 0.1) is 6.92 Å². The molecule has 0 atom stereocenters. The maximum atomic E-state index is 12.7. The predicted octanol–water partition coefficient (Wildman–Crippen LogP) is 4.50. The minimum atomic E-state index is -0.150. The second kappa shape index (κ2) is 5.51. The lowest BCUT2D eigenvalue weighted by molar-refractivity contribution is 0.102. The van der Waals surface area contributed by atoms with Crippen molar-refractivity contribution in [1.29, 1.82) is 0 Å². The van der Waals surface area contributed by atoms with E-state index in [1.807, 2.05) is 31.4 Å². The van der Waals surface area contributed by atoms with E-state index in [1.54, 1.807) is 18.2 Å². The van der Waals surface area contributed by atoms with Gasteiger partial charge in [0, 0.05) is 17.3 Å². The highest BCUT2D eigenvalue weighted by Gasteiger charge is 2.21. The summed E-state index contributed by atoms with van der Waals surface area (Å²) in [5.74, 6) is -0.150. The SMILES string of the molecule is Cc1cc(N)c(C(=O)c2ccc(Cl)c(Cl)c2)n1C(C)C. The Kier molecular flexibility index (Phi) is 4.11. The Bertz CT molecular complexity index is 675. The first-order valence-corrected chi connectivity index (χ1v) is 7.05. The first kappa shape index (κ1) is 14.9. The summed E-state index contributed by atoms with van der Waals surface area (Å²) < 4.78 is 1.93. The molecule has 0 aliphatic heterocycles. The van der Waals surface area contributed by atoms with Crippen molar-refractivity contribution in [3.05, 3.63) is 51.3 Å². The van der Waals surface area contributed by atoms with Crippen LogP contribution in [0.1, 0.15) is 41.6 Å². The number of ketones is 1. The van der Waals surface area contributed by atoms with E-state index in [0.717, 1.165) is 5.69 Å². The number of aromatic nitrogens is 1. The number of carbonyl (C=O) groups is 1. The number of aryl methyl sites for hydroxylation is 1. The zero-order valence-electron chi connectivity index (χ0n) is 11.6. The van der Waals surface area contributed by atoms with E-state index in [0.29, 0.717) is 27.0 Å². The summed E-state index contributed by atoms with van der Waals surface area (Å²) in [6, 6.07) is 6.80. The molecule has 2 aromatic rings. The molecule has 0 saturated carbocycles. The molecule has 2 rings (SSSR count). The Morgan fingerprint density at radius 2 is 1.85 bits per heavy atom. The van der Waals surface area contributed by atoms with Crippen molar-refractivity contribution in [2.75, 3.05) is 5.73 Å². The van der Waals surface area contributed by atoms with Crippen molar-refractivity contribution in [2.45, 2.75) is 26.8 Å². The summed E-state index contributed by atoms with van der Waals surface area (Å²) in [4.78, 5) is 12.7. The number of nitrogen functional groups attached to an aromatic ring is 1. The van der Waals surface area contributed by atoms with Gasteiger partial charge in [-0.2, -0.15) is 0 Å². The van der Waals surface area contributed by atoms with Crippen molar-refractivity contribution in [3.8, 4) is 0 Å². The predicted molar refractivity (Wildman–Crippen MR) is 83.9 cm³/mol. The number of rotatable bonds is 3. The fourth-order valence-corrected chi connectivity index (χ4v) is 2.66. The normalized spacial score (nSPS) is 11.1. The molecule has 20 heavy (non-hydrogen) atoms. The highest BCUT2D eigenvalue weighted by atomic mass is 35.5. The molecule has 2 N–H and O–H groups in total. The maximum Gasteiger partial charge on any atom is 0.211 e. The fraction of sp³-hybridized carbons (Fsp3) is 0.267. The number of anilines is 1. The van der Waals surface area contributed by atoms with Crippen LogP contribution in [0.5, 0.6) is 0 Å². The summed E-state index contributed by atoms with van der Waals surface area (Å²) >= 11 is 11.8. The van der Waals surface area contributed by atoms with Gasteiger partial charge >= 0.3 is 0 Å². The number of hydrogen-bond acceptors (Lipinski definition) is 2. The van der Waals surface area contributed by atoms with Crippen LogP contribution in [0.25, 0.3) is 0 Å². The molecule has 1 aromatic heterocycles. The molecule has 0 bridgehead atoms. The molecule has 0 radical (unpaired) electrons. The first-order valence-electron chi connectivity index (χ1n) is 6.30. The van der Waals surface area contributed by atoms with Gasteiger partial charge in [-0.1, -0.05) is 23.2 Å². The Morgan fingerprint density at radius 3 is 2.40 bits per heavy atom. The zero-order chi connectivity index (χ0) is 15.0. The fourth-order valence-electron chi connectivity index (χ4n) is 2.36. The lowest BCUT2D eigenvalue weighted by Gasteiger charge is -2.15. The van der Waals surface area contributed by atoms with Gasteiger partial charge in [0.15, 0.2) is 0 Å². The summed E-state index contributed by atoms with van der Waals surface area (Å²) in [6.07, 6.45) is 0. The van der Waals surface area contributed by atoms with Gasteiger partial charge in [0.1, 0.15) is 5.69 Å². The van der Waals surface area contributed by atoms with E-state index in [-0.39, 0.29) is 11.8 Å². The molecule has 0 aliphatic carbocycles. The molecule has 0 fully saturated rings. The van der Waals surface area contributed by atoms with Crippen LogP contribution in [-0.4, -0.2) is 10.4 Å². The lowest BCUT2D eigenvalue weighted by atomic mass is 10.1. The number of benzene rings is 1. The number of hydrogen-bond donors (Lipinski definition) is 1. The van der Waals surface area contributed by atoms with Crippen LogP contribution in [0.2, 0.25) is 10.0 Å². The van der Waals surface area contributed by atoms with Crippen LogP contribution in [0.3, 0.4) is 0 Å². The van der Waals surface area contributed by atoms with Crippen LogP contribution >= 0.6 is 23.2 Å². The third kappa shape index (κ3) is 2.56. The van der Waals surface area contributed by atoms with Gasteiger partial charge in [-0.25, -0.2) is 0 Å². The van der Waals surface area contributed by atoms with Gasteiger partial charge in [-0.15, -0.1) is 0 Å². The van der Waals surface area contributed by atoms with Gasteiger partial charge in [-0.3, -0.25) is 4.79 Å². The summed E-state index contributed by atoms with van der Waals surface area (Å²) in [5, 5.41) is 0.780. The minimum Gasteiger partial charge on any atom is -0.397 e. The third-order valence-corrected chi connectivity index (χ3v) is 3.91. The molecular formula is C15H16Cl2N2O. The van der Waals surface area contributed by atoms with Crippen LogP contribution in [0.15, 0.2) is 24.3 Å². The van der Waals surface area contributed by atoms with Crippen molar-refractivity contribution in [1.82, 2.24) is 4.57 Å². The lowest BCUT2D eigenvalue weighted by Crippen LogP contribution is -2.14. The molecule has 0 aliphatic rings. The molecule has 0 unspecified atom stereocenters. The van der Waals surface area contributed by atoms with E-state index in [1.165, 1.54) is 0 Å². The molecule has 1 heterocycles. The van der Waals surface area contributed by atoms with E-state index >= 15 is 0 Å². The number of halogens is 2. The standard InChI is InChI=1S/C15H16Cl2N2O/c1-8(2)19-9(3)6-13(18)14(19)15(20)10-4-5-11(16)12(17)7-10/h4-8H,18H2,1-3H3. The Labute approximate surface area is 128 Å². The van der Waals surface area contributed by atoms with Gasteiger partial charge in [-0.05, 0) is 45.0 Å². The number of carbonyl (C=O) groups excluding carboxylic acids is 1. The van der Waals surface area contributed by atoms with E-state index < -0.39 is 0 Å². The summed E-state index contributed by atoms with van der Waals surface area (Å²) in [5.41, 5.74) is 8.40. The van der Waals surface area contributed by atoms with E-state index in [2.05, 4.69) is 0 Å². The summed E-state index contributed by atoms with van der Waals surface area (Å²) in [6.45, 7) is 5.96. The quantitative estimate of drug-likeness (QED) is 0.849. The largest absolute Gasteiger partial charge is 0.397 e. The van der Waals surface area contributed by atoms with Crippen molar-refractivity contribution < 1.29 is 4.79 Å². The zero-order valence-corrected chi connectivity index (χ0v) is 13.1. The maximum absolute atomic E-state index is 12.7. The highest BCUT2D eigenvalue weighted by molar-refractivity contribution is 6.42. The highest BCUT2D eigenvalue weighted by Crippen LogP contribution is 2.28. The monoisotopic (exact) mass is 310 g/mol. The average Bonchev–Trinajstić information content (AvgIpc) is 2.66. The Hall–Kier alpha value is -1.45. The molecule has 106 valence electrons. The molecule has 0 saturated heterocycles. The minimum absolute atomic E-state index is 0.147. The van der Waals surface area contributed by atoms with Gasteiger partial charge < -0.3 is 10.3 Å². The smallest absolute Gasteiger partial charge is 0.211 e. The van der Waals surface area contributed by atoms with Crippen molar-refractivity contribution in [3.63, 3.8) is 0 Å². The van der Waals surface area contributed by atoms with E-state index in [4.69, 9.17) is 28.9 Å². The van der Waals surface area contributed by atoms with E-state index in [9.17, 15) is 4.79 Å². The van der Waals surface area contributed by atoms with Gasteiger partial charge in [0.2, 0.25) is 5.78 Å². The molecular weight excluding hydrogens is 295 g/mol. The second-order valence-corrected chi connectivity index (χ2v) is 5.83. The number of nitrogens with two attached hydrogens (primary N) is 1. The average molecular weight is 311 g/mol. The molecule has 0 spiro atoms. The Balaban J connectivity index is 2.56. The number of nitrogens with zero attached hydrogens (tertiary/aromatic N) is 1. The van der Waals surface area contributed by atoms with Crippen LogP contribution in [-0.2, 0) is 0 Å². The second-order valence-electron chi connectivity index (χ2n) is 5.01. The van der Waals surface area contributed by atoms with Crippen LogP contribution < -0.4 is 5.73 Å². The van der Waals surface area contributed by atoms with Gasteiger partial charge in [0.25, 0.3) is 0 Å². The first-order chi connectivity index (χ1) is 9.32. The molecule has 3 nitrogen and oxygen atoms in total. The molecule has 0 amide bonds. The molecule has 5 heteroatoms. The van der Waals surface area contributed by atoms with Gasteiger partial charge in [0.05, 0.1) is 15.7 Å². The Morgan fingerprint density at radius 1 is 1.20 bits per heavy atom. The molecule has 1 aromatic carbocycles.